The highest BCUT2D eigenvalue weighted by molar-refractivity contribution is 5.35. The maximum atomic E-state index is 5.81. The Morgan fingerprint density at radius 1 is 1.31 bits per heavy atom. The summed E-state index contributed by atoms with van der Waals surface area (Å²) in [7, 11) is 0. The van der Waals surface area contributed by atoms with E-state index in [1.54, 1.807) is 0 Å². The van der Waals surface area contributed by atoms with E-state index >= 15 is 0 Å². The fourth-order valence-electron chi connectivity index (χ4n) is 1.96. The van der Waals surface area contributed by atoms with E-state index < -0.39 is 0 Å². The van der Waals surface area contributed by atoms with Crippen LogP contribution in [-0.2, 0) is 4.74 Å². The molecule has 1 saturated heterocycles. The molecule has 0 aromatic heterocycles. The second-order valence-electron chi connectivity index (χ2n) is 5.17. The average Bonchev–Trinajstić information content (AvgIpc) is 2.19. The molecule has 0 N–H and O–H groups in total. The summed E-state index contributed by atoms with van der Waals surface area (Å²) in [5, 5.41) is 0. The first-order valence-electron chi connectivity index (χ1n) is 5.87. The van der Waals surface area contributed by atoms with Crippen LogP contribution in [0, 0.1) is 19.3 Å². The molecule has 2 heteroatoms. The molecule has 0 saturated carbocycles. The highest BCUT2D eigenvalue weighted by Crippen LogP contribution is 2.30. The maximum Gasteiger partial charge on any atom is 0.122 e. The minimum atomic E-state index is 0.346. The van der Waals surface area contributed by atoms with Crippen molar-refractivity contribution in [1.29, 1.82) is 0 Å². The Bertz CT molecular complexity index is 367. The molecule has 2 rings (SSSR count). The third kappa shape index (κ3) is 2.56. The van der Waals surface area contributed by atoms with E-state index in [-0.39, 0.29) is 0 Å². The van der Waals surface area contributed by atoms with Gasteiger partial charge in [-0.05, 0) is 31.9 Å². The van der Waals surface area contributed by atoms with Gasteiger partial charge in [0.05, 0.1) is 19.8 Å². The van der Waals surface area contributed by atoms with Gasteiger partial charge in [0.15, 0.2) is 0 Å². The van der Waals surface area contributed by atoms with Crippen LogP contribution < -0.4 is 4.74 Å². The number of hydrogen-bond acceptors (Lipinski definition) is 2. The predicted octanol–water partition coefficient (Wildman–Crippen LogP) is 3.11. The van der Waals surface area contributed by atoms with Crippen molar-refractivity contribution < 1.29 is 9.47 Å². The van der Waals surface area contributed by atoms with E-state index in [1.807, 2.05) is 0 Å². The number of hydrogen-bond donors (Lipinski definition) is 0. The van der Waals surface area contributed by atoms with Crippen LogP contribution in [0.15, 0.2) is 18.2 Å². The van der Waals surface area contributed by atoms with E-state index in [9.17, 15) is 0 Å². The zero-order chi connectivity index (χ0) is 11.6. The van der Waals surface area contributed by atoms with Gasteiger partial charge in [-0.25, -0.2) is 0 Å². The minimum absolute atomic E-state index is 0.346. The Balaban J connectivity index is 1.85. The van der Waals surface area contributed by atoms with Crippen molar-refractivity contribution in [2.24, 2.45) is 5.41 Å². The summed E-state index contributed by atoms with van der Waals surface area (Å²) in [5.74, 6) is 1.01. The van der Waals surface area contributed by atoms with Gasteiger partial charge in [-0.1, -0.05) is 24.6 Å². The zero-order valence-electron chi connectivity index (χ0n) is 10.4. The molecule has 1 aromatic carbocycles. The van der Waals surface area contributed by atoms with Crippen LogP contribution in [0.2, 0.25) is 0 Å². The van der Waals surface area contributed by atoms with Gasteiger partial charge in [-0.15, -0.1) is 0 Å². The summed E-state index contributed by atoms with van der Waals surface area (Å²) in [6.45, 7) is 8.98. The molecule has 0 aliphatic carbocycles. The molecule has 1 aliphatic heterocycles. The van der Waals surface area contributed by atoms with Gasteiger partial charge in [-0.3, -0.25) is 0 Å². The molecular formula is C14H20O2. The summed E-state index contributed by atoms with van der Waals surface area (Å²) in [6.07, 6.45) is 1.07. The van der Waals surface area contributed by atoms with Crippen molar-refractivity contribution in [2.45, 2.75) is 27.2 Å². The lowest BCUT2D eigenvalue weighted by atomic mass is 9.85. The fraction of sp³-hybridized carbons (Fsp3) is 0.571. The van der Waals surface area contributed by atoms with Crippen LogP contribution >= 0.6 is 0 Å². The minimum Gasteiger partial charge on any atom is -0.493 e. The summed E-state index contributed by atoms with van der Waals surface area (Å²) < 4.78 is 11.0. The lowest BCUT2D eigenvalue weighted by Crippen LogP contribution is -2.40. The molecule has 0 unspecified atom stereocenters. The van der Waals surface area contributed by atoms with Crippen LogP contribution in [0.4, 0.5) is 0 Å². The van der Waals surface area contributed by atoms with Crippen molar-refractivity contribution >= 4 is 0 Å². The zero-order valence-corrected chi connectivity index (χ0v) is 10.4. The van der Waals surface area contributed by atoms with E-state index in [0.29, 0.717) is 5.41 Å². The Hall–Kier alpha value is -1.02. The van der Waals surface area contributed by atoms with E-state index in [1.165, 1.54) is 11.1 Å². The third-order valence-electron chi connectivity index (χ3n) is 3.19. The Kier molecular flexibility index (Phi) is 3.20. The van der Waals surface area contributed by atoms with E-state index in [0.717, 1.165) is 32.0 Å². The number of rotatable bonds is 4. The highest BCUT2D eigenvalue weighted by atomic mass is 16.5. The van der Waals surface area contributed by atoms with Gasteiger partial charge in [0.2, 0.25) is 0 Å². The quantitative estimate of drug-likeness (QED) is 0.776. The van der Waals surface area contributed by atoms with Gasteiger partial charge >= 0.3 is 0 Å². The van der Waals surface area contributed by atoms with Crippen molar-refractivity contribution in [1.82, 2.24) is 0 Å². The summed E-state index contributed by atoms with van der Waals surface area (Å²) >= 11 is 0. The normalized spacial score (nSPS) is 17.9. The molecule has 0 amide bonds. The standard InChI is InChI=1S/C14H20O2/c1-11-4-5-13(12(2)8-11)16-7-6-14(3)9-15-10-14/h4-5,8H,6-7,9-10H2,1-3H3. The molecular weight excluding hydrogens is 200 g/mol. The van der Waals surface area contributed by atoms with Crippen LogP contribution in [-0.4, -0.2) is 19.8 Å². The van der Waals surface area contributed by atoms with Crippen molar-refractivity contribution in [3.63, 3.8) is 0 Å². The van der Waals surface area contributed by atoms with Crippen LogP contribution in [0.5, 0.6) is 5.75 Å². The maximum absolute atomic E-state index is 5.81. The Morgan fingerprint density at radius 2 is 2.06 bits per heavy atom. The van der Waals surface area contributed by atoms with Crippen molar-refractivity contribution in [3.8, 4) is 5.75 Å². The molecule has 1 aliphatic rings. The average molecular weight is 220 g/mol. The summed E-state index contributed by atoms with van der Waals surface area (Å²) in [4.78, 5) is 0. The first kappa shape index (κ1) is 11.5. The molecule has 1 fully saturated rings. The first-order valence-corrected chi connectivity index (χ1v) is 5.87. The number of benzene rings is 1. The van der Waals surface area contributed by atoms with Gasteiger partial charge in [-0.2, -0.15) is 0 Å². The monoisotopic (exact) mass is 220 g/mol. The second-order valence-corrected chi connectivity index (χ2v) is 5.17. The van der Waals surface area contributed by atoms with Crippen LogP contribution in [0.3, 0.4) is 0 Å². The number of ether oxygens (including phenoxy) is 2. The lowest BCUT2D eigenvalue weighted by Gasteiger charge is -2.37. The molecule has 1 heterocycles. The summed E-state index contributed by atoms with van der Waals surface area (Å²) in [6, 6.07) is 6.31. The fourth-order valence-corrected chi connectivity index (χ4v) is 1.96. The molecule has 0 bridgehead atoms. The first-order chi connectivity index (χ1) is 7.59. The Morgan fingerprint density at radius 3 is 2.62 bits per heavy atom. The van der Waals surface area contributed by atoms with Gasteiger partial charge in [0.1, 0.15) is 5.75 Å². The molecule has 16 heavy (non-hydrogen) atoms. The van der Waals surface area contributed by atoms with Gasteiger partial charge < -0.3 is 9.47 Å². The molecule has 88 valence electrons. The molecule has 0 radical (unpaired) electrons. The topological polar surface area (TPSA) is 18.5 Å². The number of aryl methyl sites for hydroxylation is 2. The van der Waals surface area contributed by atoms with E-state index in [2.05, 4.69) is 39.0 Å². The Labute approximate surface area is 97.6 Å². The molecule has 2 nitrogen and oxygen atoms in total. The molecule has 0 atom stereocenters. The molecule has 0 spiro atoms. The van der Waals surface area contributed by atoms with Gasteiger partial charge in [0, 0.05) is 5.41 Å². The second kappa shape index (κ2) is 4.46. The van der Waals surface area contributed by atoms with Gasteiger partial charge in [0.25, 0.3) is 0 Å². The smallest absolute Gasteiger partial charge is 0.122 e. The van der Waals surface area contributed by atoms with E-state index in [4.69, 9.17) is 9.47 Å². The van der Waals surface area contributed by atoms with Crippen molar-refractivity contribution in [3.05, 3.63) is 29.3 Å². The van der Waals surface area contributed by atoms with Crippen LogP contribution in [0.25, 0.3) is 0 Å². The third-order valence-corrected chi connectivity index (χ3v) is 3.19. The summed E-state index contributed by atoms with van der Waals surface area (Å²) in [5.41, 5.74) is 2.85. The van der Waals surface area contributed by atoms with Crippen LogP contribution in [0.1, 0.15) is 24.5 Å². The lowest BCUT2D eigenvalue weighted by molar-refractivity contribution is -0.109. The highest BCUT2D eigenvalue weighted by Gasteiger charge is 2.32. The van der Waals surface area contributed by atoms with Crippen molar-refractivity contribution in [2.75, 3.05) is 19.8 Å². The predicted molar refractivity (Wildman–Crippen MR) is 65.0 cm³/mol. The molecule has 1 aromatic rings. The SMILES string of the molecule is Cc1ccc(OCCC2(C)COC2)c(C)c1. The largest absolute Gasteiger partial charge is 0.493 e.